The second-order valence-corrected chi connectivity index (χ2v) is 4.33. The van der Waals surface area contributed by atoms with Crippen molar-refractivity contribution in [3.8, 4) is 0 Å². The van der Waals surface area contributed by atoms with Gasteiger partial charge in [0.1, 0.15) is 17.7 Å². The molecule has 2 aromatic rings. The quantitative estimate of drug-likeness (QED) is 0.915. The number of benzene rings is 1. The molecule has 1 aromatic heterocycles. The molecular weight excluding hydrogens is 275 g/mol. The van der Waals surface area contributed by atoms with Crippen molar-refractivity contribution in [2.75, 3.05) is 0 Å². The fourth-order valence-corrected chi connectivity index (χ4v) is 1.89. The largest absolute Gasteiger partial charge is 0.451 e. The molecule has 1 heterocycles. The summed E-state index contributed by atoms with van der Waals surface area (Å²) in [7, 11) is 0. The van der Waals surface area contributed by atoms with Crippen molar-refractivity contribution in [3.63, 3.8) is 0 Å². The maximum Gasteiger partial charge on any atom is 0.169 e. The van der Waals surface area contributed by atoms with Crippen LogP contribution < -0.4 is 0 Å². The van der Waals surface area contributed by atoms with Gasteiger partial charge in [-0.25, -0.2) is 4.39 Å². The summed E-state index contributed by atoms with van der Waals surface area (Å²) in [5, 5.41) is 10.0. The fourth-order valence-electron chi connectivity index (χ4n) is 1.57. The van der Waals surface area contributed by atoms with Gasteiger partial charge in [0.05, 0.1) is 0 Å². The number of aryl methyl sites for hydroxylation is 1. The molecule has 0 fully saturated rings. The molecule has 1 N–H and O–H groups in total. The van der Waals surface area contributed by atoms with E-state index in [2.05, 4.69) is 15.9 Å². The summed E-state index contributed by atoms with van der Waals surface area (Å²) in [6.07, 6.45) is -0.869. The SMILES string of the molecule is Cc1cc(F)ccc1C(O)c1ccc(Br)o1. The Hall–Kier alpha value is -1.13. The van der Waals surface area contributed by atoms with E-state index in [1.54, 1.807) is 25.1 Å². The molecule has 2 rings (SSSR count). The summed E-state index contributed by atoms with van der Waals surface area (Å²) < 4.78 is 18.7. The van der Waals surface area contributed by atoms with Crippen molar-refractivity contribution in [3.05, 3.63) is 57.7 Å². The van der Waals surface area contributed by atoms with Gasteiger partial charge >= 0.3 is 0 Å². The molecular formula is C12H10BrFO2. The van der Waals surface area contributed by atoms with E-state index < -0.39 is 6.10 Å². The highest BCUT2D eigenvalue weighted by atomic mass is 79.9. The lowest BCUT2D eigenvalue weighted by molar-refractivity contribution is 0.187. The topological polar surface area (TPSA) is 33.4 Å². The predicted molar refractivity (Wildman–Crippen MR) is 61.6 cm³/mol. The molecule has 84 valence electrons. The average Bonchev–Trinajstić information content (AvgIpc) is 2.64. The van der Waals surface area contributed by atoms with E-state index in [4.69, 9.17) is 4.42 Å². The van der Waals surface area contributed by atoms with Gasteiger partial charge in [0.2, 0.25) is 0 Å². The van der Waals surface area contributed by atoms with Crippen LogP contribution in [0.2, 0.25) is 0 Å². The first-order valence-corrected chi connectivity index (χ1v) is 5.56. The normalized spacial score (nSPS) is 12.8. The summed E-state index contributed by atoms with van der Waals surface area (Å²) >= 11 is 3.17. The standard InChI is InChI=1S/C12H10BrFO2/c1-7-6-8(14)2-3-9(7)12(15)10-4-5-11(13)16-10/h2-6,12,15H,1H3. The van der Waals surface area contributed by atoms with Crippen molar-refractivity contribution in [1.82, 2.24) is 0 Å². The summed E-state index contributed by atoms with van der Waals surface area (Å²) in [4.78, 5) is 0. The summed E-state index contributed by atoms with van der Waals surface area (Å²) in [5.74, 6) is 0.121. The third-order valence-corrected chi connectivity index (χ3v) is 2.82. The first kappa shape index (κ1) is 11.4. The van der Waals surface area contributed by atoms with E-state index >= 15 is 0 Å². The molecule has 0 aliphatic heterocycles. The third kappa shape index (κ3) is 2.18. The van der Waals surface area contributed by atoms with E-state index in [0.717, 1.165) is 0 Å². The molecule has 0 saturated carbocycles. The van der Waals surface area contributed by atoms with E-state index in [-0.39, 0.29) is 5.82 Å². The Morgan fingerprint density at radius 3 is 2.62 bits per heavy atom. The molecule has 1 aromatic carbocycles. The lowest BCUT2D eigenvalue weighted by atomic mass is 10.0. The van der Waals surface area contributed by atoms with Gasteiger partial charge in [-0.05, 0) is 58.2 Å². The van der Waals surface area contributed by atoms with E-state index in [0.29, 0.717) is 21.6 Å². The highest BCUT2D eigenvalue weighted by Crippen LogP contribution is 2.28. The lowest BCUT2D eigenvalue weighted by Crippen LogP contribution is -2.01. The number of furan rings is 1. The van der Waals surface area contributed by atoms with Gasteiger partial charge in [0.25, 0.3) is 0 Å². The van der Waals surface area contributed by atoms with Crippen LogP contribution in [0.1, 0.15) is 23.0 Å². The van der Waals surface area contributed by atoms with Crippen LogP contribution in [0.15, 0.2) is 39.4 Å². The number of rotatable bonds is 2. The Bertz CT molecular complexity index is 507. The van der Waals surface area contributed by atoms with Crippen LogP contribution in [0.3, 0.4) is 0 Å². The van der Waals surface area contributed by atoms with Gasteiger partial charge in [-0.3, -0.25) is 0 Å². The van der Waals surface area contributed by atoms with Gasteiger partial charge in [-0.1, -0.05) is 6.07 Å². The van der Waals surface area contributed by atoms with Crippen molar-refractivity contribution in [2.24, 2.45) is 0 Å². The minimum atomic E-state index is -0.869. The maximum absolute atomic E-state index is 12.9. The summed E-state index contributed by atoms with van der Waals surface area (Å²) in [6, 6.07) is 7.65. The zero-order chi connectivity index (χ0) is 11.7. The van der Waals surface area contributed by atoms with Gasteiger partial charge in [-0.15, -0.1) is 0 Å². The Kier molecular flexibility index (Phi) is 3.12. The number of hydrogen-bond donors (Lipinski definition) is 1. The van der Waals surface area contributed by atoms with Gasteiger partial charge in [-0.2, -0.15) is 0 Å². The molecule has 4 heteroatoms. The van der Waals surface area contributed by atoms with Crippen LogP contribution in [0.5, 0.6) is 0 Å². The zero-order valence-corrected chi connectivity index (χ0v) is 10.2. The van der Waals surface area contributed by atoms with E-state index in [1.807, 2.05) is 0 Å². The first-order chi connectivity index (χ1) is 7.58. The van der Waals surface area contributed by atoms with Crippen LogP contribution in [0, 0.1) is 12.7 Å². The van der Waals surface area contributed by atoms with Crippen LogP contribution in [0.4, 0.5) is 4.39 Å². The number of aliphatic hydroxyl groups is 1. The number of halogens is 2. The Morgan fingerprint density at radius 1 is 1.31 bits per heavy atom. The summed E-state index contributed by atoms with van der Waals surface area (Å²) in [6.45, 7) is 1.75. The Morgan fingerprint density at radius 2 is 2.06 bits per heavy atom. The smallest absolute Gasteiger partial charge is 0.169 e. The molecule has 16 heavy (non-hydrogen) atoms. The average molecular weight is 285 g/mol. The molecule has 0 saturated heterocycles. The zero-order valence-electron chi connectivity index (χ0n) is 8.58. The highest BCUT2D eigenvalue weighted by Gasteiger charge is 2.16. The maximum atomic E-state index is 12.9. The second-order valence-electron chi connectivity index (χ2n) is 3.55. The summed E-state index contributed by atoms with van der Waals surface area (Å²) in [5.41, 5.74) is 1.34. The molecule has 2 nitrogen and oxygen atoms in total. The molecule has 0 radical (unpaired) electrons. The van der Waals surface area contributed by atoms with Crippen LogP contribution in [0.25, 0.3) is 0 Å². The van der Waals surface area contributed by atoms with Crippen LogP contribution in [-0.4, -0.2) is 5.11 Å². The molecule has 1 atom stereocenters. The first-order valence-electron chi connectivity index (χ1n) is 4.77. The molecule has 0 spiro atoms. The van der Waals surface area contributed by atoms with Gasteiger partial charge in [0, 0.05) is 0 Å². The van der Waals surface area contributed by atoms with Gasteiger partial charge < -0.3 is 9.52 Å². The fraction of sp³-hybridized carbons (Fsp3) is 0.167. The van der Waals surface area contributed by atoms with Crippen molar-refractivity contribution < 1.29 is 13.9 Å². The Labute approximate surface area is 101 Å². The number of hydrogen-bond acceptors (Lipinski definition) is 2. The molecule has 1 unspecified atom stereocenters. The highest BCUT2D eigenvalue weighted by molar-refractivity contribution is 9.10. The lowest BCUT2D eigenvalue weighted by Gasteiger charge is -2.11. The minimum absolute atomic E-state index is 0.311. The predicted octanol–water partition coefficient (Wildman–Crippen LogP) is 3.57. The molecule has 0 aliphatic rings. The van der Waals surface area contributed by atoms with Crippen molar-refractivity contribution in [1.29, 1.82) is 0 Å². The van der Waals surface area contributed by atoms with Crippen LogP contribution in [-0.2, 0) is 0 Å². The molecule has 0 aliphatic carbocycles. The van der Waals surface area contributed by atoms with E-state index in [1.165, 1.54) is 12.1 Å². The minimum Gasteiger partial charge on any atom is -0.451 e. The monoisotopic (exact) mass is 284 g/mol. The van der Waals surface area contributed by atoms with Crippen molar-refractivity contribution in [2.45, 2.75) is 13.0 Å². The number of aliphatic hydroxyl groups excluding tert-OH is 1. The third-order valence-electron chi connectivity index (χ3n) is 2.39. The van der Waals surface area contributed by atoms with Crippen LogP contribution >= 0.6 is 15.9 Å². The molecule has 0 amide bonds. The molecule has 0 bridgehead atoms. The van der Waals surface area contributed by atoms with Crippen molar-refractivity contribution >= 4 is 15.9 Å². The van der Waals surface area contributed by atoms with Gasteiger partial charge in [0.15, 0.2) is 4.67 Å². The Balaban J connectivity index is 2.37. The van der Waals surface area contributed by atoms with E-state index in [9.17, 15) is 9.50 Å². The second kappa shape index (κ2) is 4.39.